The first-order chi connectivity index (χ1) is 13.7. The van der Waals surface area contributed by atoms with Gasteiger partial charge in [-0.25, -0.2) is 0 Å². The number of nitrogens with one attached hydrogen (secondary N) is 1. The first-order valence-electron chi connectivity index (χ1n) is 10.0. The number of ether oxygens (including phenoxy) is 2. The Kier molecular flexibility index (Phi) is 7.31. The van der Waals surface area contributed by atoms with Crippen molar-refractivity contribution in [2.75, 3.05) is 26.8 Å². The maximum Gasteiger partial charge on any atom is 0.227 e. The van der Waals surface area contributed by atoms with Crippen molar-refractivity contribution in [1.29, 1.82) is 0 Å². The molecule has 0 spiro atoms. The van der Waals surface area contributed by atoms with Crippen molar-refractivity contribution in [3.05, 3.63) is 59.7 Å². The second kappa shape index (κ2) is 10.1. The summed E-state index contributed by atoms with van der Waals surface area (Å²) in [5, 5.41) is 3.62. The number of benzene rings is 2. The van der Waals surface area contributed by atoms with Crippen LogP contribution in [0.25, 0.3) is 0 Å². The predicted octanol–water partition coefficient (Wildman–Crippen LogP) is 3.42. The summed E-state index contributed by atoms with van der Waals surface area (Å²) < 4.78 is 10.9. The zero-order valence-electron chi connectivity index (χ0n) is 16.8. The molecule has 0 aliphatic carbocycles. The van der Waals surface area contributed by atoms with E-state index >= 15 is 0 Å². The van der Waals surface area contributed by atoms with Crippen molar-refractivity contribution in [1.82, 2.24) is 10.2 Å². The van der Waals surface area contributed by atoms with Crippen LogP contribution in [0.3, 0.4) is 0 Å². The molecule has 2 aromatic carbocycles. The van der Waals surface area contributed by atoms with E-state index < -0.39 is 0 Å². The Balaban J connectivity index is 1.45. The van der Waals surface area contributed by atoms with E-state index in [1.54, 1.807) is 7.11 Å². The zero-order chi connectivity index (χ0) is 19.8. The van der Waals surface area contributed by atoms with Crippen molar-refractivity contribution in [2.45, 2.75) is 38.8 Å². The molecule has 0 atom stereocenters. The molecular formula is C23H30N2O3. The summed E-state index contributed by atoms with van der Waals surface area (Å²) in [6.45, 7) is 5.09. The van der Waals surface area contributed by atoms with Crippen LogP contribution in [0.2, 0.25) is 0 Å². The lowest BCUT2D eigenvalue weighted by molar-refractivity contribution is -0.131. The van der Waals surface area contributed by atoms with Crippen LogP contribution < -0.4 is 14.8 Å². The summed E-state index contributed by atoms with van der Waals surface area (Å²) in [6, 6.07) is 16.4. The SMILES string of the molecule is CCOc1cccc(CNC2CCN(C(=O)Cc3ccccc3OC)CC2)c1. The molecule has 1 fully saturated rings. The van der Waals surface area contributed by atoms with Crippen LogP contribution in [0, 0.1) is 0 Å². The van der Waals surface area contributed by atoms with Gasteiger partial charge in [-0.1, -0.05) is 30.3 Å². The van der Waals surface area contributed by atoms with Gasteiger partial charge in [0.1, 0.15) is 11.5 Å². The third-order valence-corrected chi connectivity index (χ3v) is 5.19. The first kappa shape index (κ1) is 20.2. The summed E-state index contributed by atoms with van der Waals surface area (Å²) in [7, 11) is 1.64. The summed E-state index contributed by atoms with van der Waals surface area (Å²) in [4.78, 5) is 14.6. The minimum absolute atomic E-state index is 0.173. The van der Waals surface area contributed by atoms with E-state index in [2.05, 4.69) is 17.4 Å². The number of methoxy groups -OCH3 is 1. The van der Waals surface area contributed by atoms with Crippen LogP contribution in [0.1, 0.15) is 30.9 Å². The summed E-state index contributed by atoms with van der Waals surface area (Å²) in [6.07, 6.45) is 2.35. The van der Waals surface area contributed by atoms with Crippen LogP contribution in [0.15, 0.2) is 48.5 Å². The lowest BCUT2D eigenvalue weighted by atomic mass is 10.0. The fourth-order valence-corrected chi connectivity index (χ4v) is 3.63. The van der Waals surface area contributed by atoms with Crippen LogP contribution in [0.4, 0.5) is 0 Å². The third kappa shape index (κ3) is 5.49. The fraction of sp³-hybridized carbons (Fsp3) is 0.435. The quantitative estimate of drug-likeness (QED) is 0.760. The summed E-state index contributed by atoms with van der Waals surface area (Å²) in [5.74, 6) is 1.87. The molecule has 1 aliphatic rings. The average molecular weight is 383 g/mol. The molecule has 3 rings (SSSR count). The molecule has 0 saturated carbocycles. The van der Waals surface area contributed by atoms with Crippen molar-refractivity contribution in [3.8, 4) is 11.5 Å². The number of hydrogen-bond acceptors (Lipinski definition) is 4. The maximum atomic E-state index is 12.7. The predicted molar refractivity (Wildman–Crippen MR) is 111 cm³/mol. The molecule has 1 amide bonds. The Morgan fingerprint density at radius 1 is 1.14 bits per heavy atom. The van der Waals surface area contributed by atoms with Crippen molar-refractivity contribution >= 4 is 5.91 Å². The van der Waals surface area contributed by atoms with Crippen molar-refractivity contribution < 1.29 is 14.3 Å². The Bertz CT molecular complexity index is 770. The molecule has 0 unspecified atom stereocenters. The molecule has 1 heterocycles. The van der Waals surface area contributed by atoms with Gasteiger partial charge in [-0.2, -0.15) is 0 Å². The van der Waals surface area contributed by atoms with Crippen LogP contribution in [-0.4, -0.2) is 43.7 Å². The van der Waals surface area contributed by atoms with Crippen molar-refractivity contribution in [3.63, 3.8) is 0 Å². The Morgan fingerprint density at radius 3 is 2.68 bits per heavy atom. The Morgan fingerprint density at radius 2 is 1.93 bits per heavy atom. The monoisotopic (exact) mass is 382 g/mol. The van der Waals surface area contributed by atoms with Crippen LogP contribution >= 0.6 is 0 Å². The van der Waals surface area contributed by atoms with Gasteiger partial charge < -0.3 is 19.7 Å². The van der Waals surface area contributed by atoms with E-state index in [0.29, 0.717) is 19.1 Å². The highest BCUT2D eigenvalue weighted by Gasteiger charge is 2.23. The van der Waals surface area contributed by atoms with Crippen LogP contribution in [-0.2, 0) is 17.8 Å². The largest absolute Gasteiger partial charge is 0.496 e. The number of carbonyl (C=O) groups excluding carboxylic acids is 1. The number of rotatable bonds is 8. The van der Waals surface area contributed by atoms with Gasteiger partial charge in [0.25, 0.3) is 0 Å². The van der Waals surface area contributed by atoms with Gasteiger partial charge in [-0.3, -0.25) is 4.79 Å². The van der Waals surface area contributed by atoms with E-state index in [0.717, 1.165) is 49.5 Å². The number of hydrogen-bond donors (Lipinski definition) is 1. The van der Waals surface area contributed by atoms with E-state index in [9.17, 15) is 4.79 Å². The Labute approximate surface area is 167 Å². The lowest BCUT2D eigenvalue weighted by Gasteiger charge is -2.32. The van der Waals surface area contributed by atoms with Crippen molar-refractivity contribution in [2.24, 2.45) is 0 Å². The normalized spacial score (nSPS) is 14.7. The molecule has 0 radical (unpaired) electrons. The van der Waals surface area contributed by atoms with Gasteiger partial charge >= 0.3 is 0 Å². The summed E-state index contributed by atoms with van der Waals surface area (Å²) in [5.41, 5.74) is 2.17. The lowest BCUT2D eigenvalue weighted by Crippen LogP contribution is -2.45. The minimum Gasteiger partial charge on any atom is -0.496 e. The molecule has 1 N–H and O–H groups in total. The molecule has 2 aromatic rings. The van der Waals surface area contributed by atoms with Gasteiger partial charge in [0, 0.05) is 31.2 Å². The molecule has 0 aromatic heterocycles. The molecule has 28 heavy (non-hydrogen) atoms. The van der Waals surface area contributed by atoms with Crippen LogP contribution in [0.5, 0.6) is 11.5 Å². The van der Waals surface area contributed by atoms with Gasteiger partial charge in [-0.05, 0) is 43.5 Å². The maximum absolute atomic E-state index is 12.7. The average Bonchev–Trinajstić information content (AvgIpc) is 2.73. The topological polar surface area (TPSA) is 50.8 Å². The number of nitrogens with zero attached hydrogens (tertiary/aromatic N) is 1. The number of carbonyl (C=O) groups is 1. The standard InChI is InChI=1S/C23H30N2O3/c1-3-28-21-9-6-7-18(15-21)17-24-20-11-13-25(14-12-20)23(26)16-19-8-4-5-10-22(19)27-2/h4-10,15,20,24H,3,11-14,16-17H2,1-2H3. The smallest absolute Gasteiger partial charge is 0.227 e. The number of amides is 1. The van der Waals surface area contributed by atoms with E-state index in [1.165, 1.54) is 5.56 Å². The van der Waals surface area contributed by atoms with Gasteiger partial charge in [0.05, 0.1) is 20.1 Å². The van der Waals surface area contributed by atoms with E-state index in [-0.39, 0.29) is 5.91 Å². The summed E-state index contributed by atoms with van der Waals surface area (Å²) >= 11 is 0. The third-order valence-electron chi connectivity index (χ3n) is 5.19. The van der Waals surface area contributed by atoms with Gasteiger partial charge in [0.2, 0.25) is 5.91 Å². The van der Waals surface area contributed by atoms with E-state index in [1.807, 2.05) is 48.2 Å². The number of likely N-dealkylation sites (tertiary alicyclic amines) is 1. The Hall–Kier alpha value is -2.53. The molecular weight excluding hydrogens is 352 g/mol. The zero-order valence-corrected chi connectivity index (χ0v) is 16.8. The number of piperidine rings is 1. The van der Waals surface area contributed by atoms with E-state index in [4.69, 9.17) is 9.47 Å². The highest BCUT2D eigenvalue weighted by atomic mass is 16.5. The fourth-order valence-electron chi connectivity index (χ4n) is 3.63. The second-order valence-electron chi connectivity index (χ2n) is 7.11. The number of para-hydroxylation sites is 1. The highest BCUT2D eigenvalue weighted by Crippen LogP contribution is 2.20. The minimum atomic E-state index is 0.173. The van der Waals surface area contributed by atoms with Gasteiger partial charge in [0.15, 0.2) is 0 Å². The second-order valence-corrected chi connectivity index (χ2v) is 7.11. The van der Waals surface area contributed by atoms with Gasteiger partial charge in [-0.15, -0.1) is 0 Å². The molecule has 5 heteroatoms. The molecule has 5 nitrogen and oxygen atoms in total. The molecule has 150 valence electrons. The highest BCUT2D eigenvalue weighted by molar-refractivity contribution is 5.79. The molecule has 0 bridgehead atoms. The first-order valence-corrected chi connectivity index (χ1v) is 10.0. The molecule has 1 aliphatic heterocycles. The molecule has 1 saturated heterocycles.